The molecular formula is C16H17N3O4S. The van der Waals surface area contributed by atoms with Gasteiger partial charge >= 0.3 is 0 Å². The van der Waals surface area contributed by atoms with Gasteiger partial charge < -0.3 is 20.4 Å². The lowest BCUT2D eigenvalue weighted by molar-refractivity contribution is -0.125. The third-order valence-corrected chi connectivity index (χ3v) is 4.75. The quantitative estimate of drug-likeness (QED) is 0.852. The fourth-order valence-electron chi connectivity index (χ4n) is 2.72. The van der Waals surface area contributed by atoms with E-state index >= 15 is 0 Å². The molecule has 1 aliphatic rings. The number of rotatable bonds is 5. The number of primary amides is 1. The van der Waals surface area contributed by atoms with Crippen LogP contribution in [0.3, 0.4) is 0 Å². The minimum Gasteiger partial charge on any atom is -0.454 e. The second-order valence-electron chi connectivity index (χ2n) is 5.48. The molecule has 0 bridgehead atoms. The van der Waals surface area contributed by atoms with E-state index in [2.05, 4.69) is 5.32 Å². The normalized spacial score (nSPS) is 17.0. The maximum absolute atomic E-state index is 12.5. The van der Waals surface area contributed by atoms with Crippen LogP contribution in [-0.2, 0) is 11.3 Å². The van der Waals surface area contributed by atoms with Crippen molar-refractivity contribution >= 4 is 29.1 Å². The van der Waals surface area contributed by atoms with E-state index in [1.54, 1.807) is 17.0 Å². The van der Waals surface area contributed by atoms with Gasteiger partial charge in [0.25, 0.3) is 11.8 Å². The summed E-state index contributed by atoms with van der Waals surface area (Å²) in [5, 5.41) is 4.59. The third-order valence-electron chi connectivity index (χ3n) is 3.89. The Balaban J connectivity index is 1.61. The van der Waals surface area contributed by atoms with Gasteiger partial charge in [0.1, 0.15) is 11.8 Å². The molecule has 24 heavy (non-hydrogen) atoms. The second kappa shape index (κ2) is 6.88. The topological polar surface area (TPSA) is 106 Å². The van der Waals surface area contributed by atoms with E-state index in [-0.39, 0.29) is 24.1 Å². The van der Waals surface area contributed by atoms with Crippen LogP contribution in [0.5, 0.6) is 0 Å². The Bertz CT molecular complexity index is 753. The summed E-state index contributed by atoms with van der Waals surface area (Å²) >= 11 is 1.37. The number of furan rings is 1. The number of thiophene rings is 1. The molecule has 3 amide bonds. The molecule has 0 unspecified atom stereocenters. The van der Waals surface area contributed by atoms with E-state index in [4.69, 9.17) is 10.2 Å². The second-order valence-corrected chi connectivity index (χ2v) is 6.43. The van der Waals surface area contributed by atoms with Crippen LogP contribution in [-0.4, -0.2) is 35.2 Å². The summed E-state index contributed by atoms with van der Waals surface area (Å²) in [5.41, 5.74) is 5.12. The summed E-state index contributed by atoms with van der Waals surface area (Å²) < 4.78 is 5.22. The van der Waals surface area contributed by atoms with Crippen LogP contribution >= 0.6 is 11.3 Å². The number of nitrogens with two attached hydrogens (primary N) is 1. The van der Waals surface area contributed by atoms with Crippen LogP contribution in [0.1, 0.15) is 38.8 Å². The van der Waals surface area contributed by atoms with Crippen LogP contribution in [0.15, 0.2) is 34.1 Å². The molecular weight excluding hydrogens is 330 g/mol. The third kappa shape index (κ3) is 3.33. The van der Waals surface area contributed by atoms with Crippen molar-refractivity contribution < 1.29 is 18.8 Å². The SMILES string of the molecule is NC(=O)c1ccc(CNC(=O)[C@@H]2CCCN2C(=O)c2cccs2)o1. The van der Waals surface area contributed by atoms with Gasteiger partial charge in [-0.1, -0.05) is 6.07 Å². The number of hydrogen-bond acceptors (Lipinski definition) is 5. The Hall–Kier alpha value is -2.61. The number of hydrogen-bond donors (Lipinski definition) is 2. The molecule has 1 saturated heterocycles. The van der Waals surface area contributed by atoms with E-state index in [0.29, 0.717) is 23.6 Å². The zero-order chi connectivity index (χ0) is 17.1. The highest BCUT2D eigenvalue weighted by molar-refractivity contribution is 7.12. The minimum atomic E-state index is -0.656. The number of carbonyl (C=O) groups excluding carboxylic acids is 3. The summed E-state index contributed by atoms with van der Waals surface area (Å²) in [7, 11) is 0. The highest BCUT2D eigenvalue weighted by Crippen LogP contribution is 2.22. The Labute approximate surface area is 142 Å². The van der Waals surface area contributed by atoms with Crippen molar-refractivity contribution in [1.82, 2.24) is 10.2 Å². The number of nitrogens with zero attached hydrogens (tertiary/aromatic N) is 1. The van der Waals surface area contributed by atoms with E-state index in [0.717, 1.165) is 6.42 Å². The lowest BCUT2D eigenvalue weighted by Gasteiger charge is -2.23. The molecule has 126 valence electrons. The molecule has 8 heteroatoms. The van der Waals surface area contributed by atoms with Crippen molar-refractivity contribution in [3.63, 3.8) is 0 Å². The zero-order valence-corrected chi connectivity index (χ0v) is 13.7. The maximum atomic E-state index is 12.5. The molecule has 0 aromatic carbocycles. The van der Waals surface area contributed by atoms with Gasteiger partial charge in [0.15, 0.2) is 5.76 Å². The Morgan fingerprint density at radius 1 is 1.33 bits per heavy atom. The fraction of sp³-hybridized carbons (Fsp3) is 0.312. The number of nitrogens with one attached hydrogen (secondary N) is 1. The molecule has 3 N–H and O–H groups in total. The van der Waals surface area contributed by atoms with Crippen molar-refractivity contribution in [1.29, 1.82) is 0 Å². The summed E-state index contributed by atoms with van der Waals surface area (Å²) in [6, 6.07) is 6.14. The Morgan fingerprint density at radius 2 is 2.17 bits per heavy atom. The smallest absolute Gasteiger partial charge is 0.284 e. The fourth-order valence-corrected chi connectivity index (χ4v) is 3.40. The van der Waals surface area contributed by atoms with Crippen LogP contribution in [0.25, 0.3) is 0 Å². The van der Waals surface area contributed by atoms with Gasteiger partial charge in [-0.25, -0.2) is 0 Å². The molecule has 0 radical (unpaired) electrons. The maximum Gasteiger partial charge on any atom is 0.284 e. The molecule has 0 aliphatic carbocycles. The van der Waals surface area contributed by atoms with Crippen LogP contribution in [0, 0.1) is 0 Å². The van der Waals surface area contributed by atoms with Gasteiger partial charge in [-0.3, -0.25) is 14.4 Å². The Kier molecular flexibility index (Phi) is 4.66. The van der Waals surface area contributed by atoms with Crippen LogP contribution in [0.2, 0.25) is 0 Å². The standard InChI is InChI=1S/C16H17N3O4S/c17-14(20)12-6-5-10(23-12)9-18-15(21)11-3-1-7-19(11)16(22)13-4-2-8-24-13/h2,4-6,8,11H,1,3,7,9H2,(H2,17,20)(H,18,21)/t11-/m0/s1. The van der Waals surface area contributed by atoms with E-state index in [9.17, 15) is 14.4 Å². The van der Waals surface area contributed by atoms with Gasteiger partial charge in [0.2, 0.25) is 5.91 Å². The van der Waals surface area contributed by atoms with Crippen molar-refractivity contribution in [2.45, 2.75) is 25.4 Å². The lowest BCUT2D eigenvalue weighted by Crippen LogP contribution is -2.45. The van der Waals surface area contributed by atoms with Crippen LogP contribution in [0.4, 0.5) is 0 Å². The molecule has 1 fully saturated rings. The summed E-state index contributed by atoms with van der Waals surface area (Å²) in [4.78, 5) is 38.1. The van der Waals surface area contributed by atoms with Gasteiger partial charge in [0.05, 0.1) is 11.4 Å². The average molecular weight is 347 g/mol. The summed E-state index contributed by atoms with van der Waals surface area (Å²) in [6.07, 6.45) is 1.43. The molecule has 0 saturated carbocycles. The molecule has 3 rings (SSSR count). The predicted molar refractivity (Wildman–Crippen MR) is 87.5 cm³/mol. The number of amides is 3. The molecule has 2 aromatic heterocycles. The molecule has 7 nitrogen and oxygen atoms in total. The summed E-state index contributed by atoms with van der Waals surface area (Å²) in [5.74, 6) is -0.511. The minimum absolute atomic E-state index is 0.0506. The largest absolute Gasteiger partial charge is 0.454 e. The average Bonchev–Trinajstić information content (AvgIpc) is 3.33. The molecule has 1 atom stereocenters. The first-order valence-electron chi connectivity index (χ1n) is 7.57. The highest BCUT2D eigenvalue weighted by atomic mass is 32.1. The zero-order valence-electron chi connectivity index (χ0n) is 12.9. The number of carbonyl (C=O) groups is 3. The molecule has 1 aliphatic heterocycles. The van der Waals surface area contributed by atoms with E-state index in [1.165, 1.54) is 17.4 Å². The highest BCUT2D eigenvalue weighted by Gasteiger charge is 2.34. The van der Waals surface area contributed by atoms with Crippen LogP contribution < -0.4 is 11.1 Å². The molecule has 2 aromatic rings. The van der Waals surface area contributed by atoms with Crippen molar-refractivity contribution in [3.05, 3.63) is 46.0 Å². The predicted octanol–water partition coefficient (Wildman–Crippen LogP) is 1.36. The number of likely N-dealkylation sites (tertiary alicyclic amines) is 1. The monoisotopic (exact) mass is 347 g/mol. The van der Waals surface area contributed by atoms with E-state index < -0.39 is 11.9 Å². The van der Waals surface area contributed by atoms with Gasteiger partial charge in [-0.15, -0.1) is 11.3 Å². The first-order valence-corrected chi connectivity index (χ1v) is 8.45. The first kappa shape index (κ1) is 16.3. The van der Waals surface area contributed by atoms with Crippen molar-refractivity contribution in [2.24, 2.45) is 5.73 Å². The summed E-state index contributed by atoms with van der Waals surface area (Å²) in [6.45, 7) is 0.713. The molecule has 0 spiro atoms. The molecule has 3 heterocycles. The first-order chi connectivity index (χ1) is 11.6. The van der Waals surface area contributed by atoms with Gasteiger partial charge in [-0.05, 0) is 36.4 Å². The van der Waals surface area contributed by atoms with Crippen molar-refractivity contribution in [2.75, 3.05) is 6.54 Å². The lowest BCUT2D eigenvalue weighted by atomic mass is 10.2. The van der Waals surface area contributed by atoms with Gasteiger partial charge in [-0.2, -0.15) is 0 Å². The van der Waals surface area contributed by atoms with Gasteiger partial charge in [0, 0.05) is 6.54 Å². The van der Waals surface area contributed by atoms with E-state index in [1.807, 2.05) is 11.4 Å². The Morgan fingerprint density at radius 3 is 2.83 bits per heavy atom. The van der Waals surface area contributed by atoms with Crippen molar-refractivity contribution in [3.8, 4) is 0 Å².